The summed E-state index contributed by atoms with van der Waals surface area (Å²) in [7, 11) is 2.90. The van der Waals surface area contributed by atoms with Gasteiger partial charge in [0, 0.05) is 13.0 Å². The van der Waals surface area contributed by atoms with Gasteiger partial charge in [-0.25, -0.2) is 0 Å². The second kappa shape index (κ2) is 3.81. The zero-order valence-electron chi connectivity index (χ0n) is 8.76. The summed E-state index contributed by atoms with van der Waals surface area (Å²) in [5, 5.41) is 0. The lowest BCUT2D eigenvalue weighted by molar-refractivity contribution is -0.152. The van der Waals surface area contributed by atoms with Crippen LogP contribution >= 0.6 is 0 Å². The average Bonchev–Trinajstić information content (AvgIpc) is 2.77. The molecule has 1 aliphatic heterocycles. The largest absolute Gasteiger partial charge is 0.469 e. The van der Waals surface area contributed by atoms with E-state index in [-0.39, 0.29) is 35.8 Å². The van der Waals surface area contributed by atoms with Gasteiger partial charge in [-0.1, -0.05) is 0 Å². The molecule has 2 aliphatic rings. The highest BCUT2D eigenvalue weighted by Gasteiger charge is 2.54. The summed E-state index contributed by atoms with van der Waals surface area (Å²) in [6, 6.07) is 0. The maximum atomic E-state index is 11.6. The molecule has 2 rings (SSSR count). The number of cyclic esters (lactones) is 1. The van der Waals surface area contributed by atoms with Crippen LogP contribution in [0.2, 0.25) is 0 Å². The Morgan fingerprint density at radius 1 is 1.47 bits per heavy atom. The van der Waals surface area contributed by atoms with Crippen molar-refractivity contribution in [3.8, 4) is 0 Å². The number of ether oxygens (including phenoxy) is 3. The van der Waals surface area contributed by atoms with Gasteiger partial charge in [-0.05, 0) is 6.42 Å². The van der Waals surface area contributed by atoms with E-state index in [1.54, 1.807) is 7.11 Å². The molecule has 0 N–H and O–H groups in total. The van der Waals surface area contributed by atoms with E-state index >= 15 is 0 Å². The normalized spacial score (nSPS) is 38.7. The molecule has 84 valence electrons. The topological polar surface area (TPSA) is 61.8 Å². The molecule has 0 amide bonds. The van der Waals surface area contributed by atoms with E-state index in [0.29, 0.717) is 13.0 Å². The van der Waals surface area contributed by atoms with Crippen LogP contribution in [0.5, 0.6) is 0 Å². The summed E-state index contributed by atoms with van der Waals surface area (Å²) in [5.74, 6) is -1.16. The Kier molecular flexibility index (Phi) is 2.65. The maximum Gasteiger partial charge on any atom is 0.311 e. The van der Waals surface area contributed by atoms with Crippen LogP contribution in [0, 0.1) is 17.8 Å². The molecule has 4 atom stereocenters. The van der Waals surface area contributed by atoms with Gasteiger partial charge in [-0.2, -0.15) is 0 Å². The van der Waals surface area contributed by atoms with E-state index in [9.17, 15) is 9.59 Å². The van der Waals surface area contributed by atoms with E-state index in [1.165, 1.54) is 7.11 Å². The number of hydrogen-bond acceptors (Lipinski definition) is 5. The van der Waals surface area contributed by atoms with Gasteiger partial charge >= 0.3 is 11.9 Å². The predicted molar refractivity (Wildman–Crippen MR) is 48.9 cm³/mol. The van der Waals surface area contributed by atoms with Crippen LogP contribution in [0.3, 0.4) is 0 Å². The van der Waals surface area contributed by atoms with Gasteiger partial charge in [0.25, 0.3) is 0 Å². The minimum Gasteiger partial charge on any atom is -0.469 e. The Morgan fingerprint density at radius 3 is 2.80 bits per heavy atom. The molecule has 1 aliphatic carbocycles. The molecular formula is C10H14O5. The molecule has 1 saturated carbocycles. The molecule has 2 fully saturated rings. The Labute approximate surface area is 87.7 Å². The third-order valence-electron chi connectivity index (χ3n) is 3.36. The van der Waals surface area contributed by atoms with E-state index < -0.39 is 0 Å². The van der Waals surface area contributed by atoms with Crippen LogP contribution in [0.15, 0.2) is 0 Å². The van der Waals surface area contributed by atoms with Crippen molar-refractivity contribution >= 4 is 11.9 Å². The lowest BCUT2D eigenvalue weighted by Crippen LogP contribution is -2.31. The van der Waals surface area contributed by atoms with Gasteiger partial charge in [-0.15, -0.1) is 0 Å². The standard InChI is InChI=1S/C10H14O5/c1-13-7-3-5-6(4-15-9(5)11)8(7)10(12)14-2/h5-8H,3-4H2,1-2H3/t5-,6-,7-,8?/m1/s1. The summed E-state index contributed by atoms with van der Waals surface area (Å²) < 4.78 is 14.9. The molecule has 0 aromatic rings. The molecule has 0 aromatic carbocycles. The van der Waals surface area contributed by atoms with E-state index in [0.717, 1.165) is 0 Å². The van der Waals surface area contributed by atoms with Crippen molar-refractivity contribution in [1.82, 2.24) is 0 Å². The molecule has 15 heavy (non-hydrogen) atoms. The fraction of sp³-hybridized carbons (Fsp3) is 0.800. The summed E-state index contributed by atoms with van der Waals surface area (Å²) in [6.45, 7) is 0.309. The van der Waals surface area contributed by atoms with E-state index in [1.807, 2.05) is 0 Å². The lowest BCUT2D eigenvalue weighted by atomic mass is 9.92. The number of methoxy groups -OCH3 is 2. The highest BCUT2D eigenvalue weighted by atomic mass is 16.5. The summed E-state index contributed by atoms with van der Waals surface area (Å²) in [6.07, 6.45) is 0.333. The van der Waals surface area contributed by atoms with Crippen LogP contribution in [0.25, 0.3) is 0 Å². The Hall–Kier alpha value is -1.10. The average molecular weight is 214 g/mol. The summed E-state index contributed by atoms with van der Waals surface area (Å²) >= 11 is 0. The third-order valence-corrected chi connectivity index (χ3v) is 3.36. The molecule has 0 spiro atoms. The molecule has 1 heterocycles. The molecule has 1 saturated heterocycles. The van der Waals surface area contributed by atoms with Gasteiger partial charge in [0.15, 0.2) is 0 Å². The van der Waals surface area contributed by atoms with E-state index in [4.69, 9.17) is 14.2 Å². The Balaban J connectivity index is 2.19. The molecule has 5 heteroatoms. The molecule has 0 aromatic heterocycles. The lowest BCUT2D eigenvalue weighted by Gasteiger charge is -2.19. The number of carbonyl (C=O) groups is 2. The van der Waals surface area contributed by atoms with Crippen LogP contribution in [0.1, 0.15) is 6.42 Å². The minimum absolute atomic E-state index is 0.0742. The van der Waals surface area contributed by atoms with Gasteiger partial charge in [0.05, 0.1) is 31.7 Å². The molecule has 0 bridgehead atoms. The molecule has 0 radical (unpaired) electrons. The van der Waals surface area contributed by atoms with Crippen molar-refractivity contribution in [1.29, 1.82) is 0 Å². The smallest absolute Gasteiger partial charge is 0.311 e. The van der Waals surface area contributed by atoms with Crippen molar-refractivity contribution < 1.29 is 23.8 Å². The molecule has 5 nitrogen and oxygen atoms in total. The Bertz CT molecular complexity index is 288. The Morgan fingerprint density at radius 2 is 2.20 bits per heavy atom. The number of fused-ring (bicyclic) bond motifs is 1. The first-order valence-electron chi connectivity index (χ1n) is 4.96. The zero-order valence-corrected chi connectivity index (χ0v) is 8.76. The van der Waals surface area contributed by atoms with Crippen LogP contribution < -0.4 is 0 Å². The SMILES string of the molecule is COC(=O)C1[C@H](OC)C[C@H]2C(=O)OC[C@@H]12. The highest BCUT2D eigenvalue weighted by molar-refractivity contribution is 5.80. The fourth-order valence-electron chi connectivity index (χ4n) is 2.58. The fourth-order valence-corrected chi connectivity index (χ4v) is 2.58. The summed E-state index contributed by atoms with van der Waals surface area (Å²) in [5.41, 5.74) is 0. The van der Waals surface area contributed by atoms with Crippen molar-refractivity contribution in [2.75, 3.05) is 20.8 Å². The van der Waals surface area contributed by atoms with Gasteiger partial charge in [0.1, 0.15) is 0 Å². The first kappa shape index (κ1) is 10.4. The number of hydrogen-bond donors (Lipinski definition) is 0. The van der Waals surface area contributed by atoms with Gasteiger partial charge in [-0.3, -0.25) is 9.59 Å². The summed E-state index contributed by atoms with van der Waals surface area (Å²) in [4.78, 5) is 22.9. The van der Waals surface area contributed by atoms with Crippen molar-refractivity contribution in [3.05, 3.63) is 0 Å². The number of esters is 2. The van der Waals surface area contributed by atoms with Crippen LogP contribution in [-0.4, -0.2) is 38.9 Å². The first-order chi connectivity index (χ1) is 7.19. The second-order valence-electron chi connectivity index (χ2n) is 3.96. The van der Waals surface area contributed by atoms with Crippen LogP contribution in [0.4, 0.5) is 0 Å². The monoisotopic (exact) mass is 214 g/mol. The molecular weight excluding hydrogens is 200 g/mol. The number of carbonyl (C=O) groups excluding carboxylic acids is 2. The van der Waals surface area contributed by atoms with Gasteiger partial charge < -0.3 is 14.2 Å². The minimum atomic E-state index is -0.364. The van der Waals surface area contributed by atoms with Crippen molar-refractivity contribution in [2.45, 2.75) is 12.5 Å². The van der Waals surface area contributed by atoms with Crippen LogP contribution in [-0.2, 0) is 23.8 Å². The van der Waals surface area contributed by atoms with Gasteiger partial charge in [0.2, 0.25) is 0 Å². The van der Waals surface area contributed by atoms with Crippen molar-refractivity contribution in [3.63, 3.8) is 0 Å². The highest BCUT2D eigenvalue weighted by Crippen LogP contribution is 2.43. The second-order valence-corrected chi connectivity index (χ2v) is 3.96. The predicted octanol–water partition coefficient (Wildman–Crippen LogP) is -0.0165. The first-order valence-corrected chi connectivity index (χ1v) is 4.96. The zero-order chi connectivity index (χ0) is 11.0. The maximum absolute atomic E-state index is 11.6. The van der Waals surface area contributed by atoms with Crippen molar-refractivity contribution in [2.24, 2.45) is 17.8 Å². The third kappa shape index (κ3) is 1.51. The van der Waals surface area contributed by atoms with E-state index in [2.05, 4.69) is 0 Å². The number of rotatable bonds is 2. The molecule has 1 unspecified atom stereocenters. The quantitative estimate of drug-likeness (QED) is 0.605.